The number of benzene rings is 2. The summed E-state index contributed by atoms with van der Waals surface area (Å²) < 4.78 is 19.0. The molecule has 1 heterocycles. The van der Waals surface area contributed by atoms with Crippen molar-refractivity contribution in [2.75, 3.05) is 41.8 Å². The first kappa shape index (κ1) is 19.6. The molecule has 3 amide bonds. The second-order valence-electron chi connectivity index (χ2n) is 6.45. The molecule has 0 aliphatic carbocycles. The molecule has 148 valence electrons. The summed E-state index contributed by atoms with van der Waals surface area (Å²) in [5.41, 5.74) is 2.49. The molecule has 3 N–H and O–H groups in total. The zero-order chi connectivity index (χ0) is 19.9. The molecular weight excluding hydrogens is 363 g/mol. The minimum Gasteiger partial charge on any atom is -0.378 e. The Labute approximate surface area is 162 Å². The zero-order valence-electron chi connectivity index (χ0n) is 15.6. The lowest BCUT2D eigenvalue weighted by Crippen LogP contribution is -2.36. The Morgan fingerprint density at radius 2 is 1.79 bits per heavy atom. The van der Waals surface area contributed by atoms with E-state index in [0.717, 1.165) is 37.6 Å². The molecule has 1 saturated heterocycles. The summed E-state index contributed by atoms with van der Waals surface area (Å²) in [6.45, 7) is 4.86. The fraction of sp³-hybridized carbons (Fsp3) is 0.300. The zero-order valence-corrected chi connectivity index (χ0v) is 15.6. The Hall–Kier alpha value is -3.13. The minimum absolute atomic E-state index is 0.0176. The predicted octanol–water partition coefficient (Wildman–Crippen LogP) is 2.94. The van der Waals surface area contributed by atoms with Crippen molar-refractivity contribution in [1.29, 1.82) is 0 Å². The van der Waals surface area contributed by atoms with Crippen molar-refractivity contribution in [3.8, 4) is 0 Å². The molecule has 8 heteroatoms. The van der Waals surface area contributed by atoms with Crippen LogP contribution in [-0.4, -0.2) is 38.2 Å². The lowest BCUT2D eigenvalue weighted by Gasteiger charge is -2.28. The van der Waals surface area contributed by atoms with Gasteiger partial charge in [-0.15, -0.1) is 0 Å². The highest BCUT2D eigenvalue weighted by Crippen LogP contribution is 2.20. The SMILES string of the molecule is CC(=O)Nc1cc(NC(=O)NCc2ccc(N3CCOCC3)cc2)ccc1F. The van der Waals surface area contributed by atoms with Crippen molar-refractivity contribution in [2.45, 2.75) is 13.5 Å². The Morgan fingerprint density at radius 3 is 2.46 bits per heavy atom. The third-order valence-corrected chi connectivity index (χ3v) is 4.30. The first-order valence-corrected chi connectivity index (χ1v) is 9.05. The largest absolute Gasteiger partial charge is 0.378 e. The number of amides is 3. The van der Waals surface area contributed by atoms with E-state index >= 15 is 0 Å². The summed E-state index contributed by atoms with van der Waals surface area (Å²) in [5.74, 6) is -0.956. The molecule has 1 aliphatic heterocycles. The minimum atomic E-state index is -0.568. The molecule has 28 heavy (non-hydrogen) atoms. The number of halogens is 1. The summed E-state index contributed by atoms with van der Waals surface area (Å²) in [4.78, 5) is 25.4. The van der Waals surface area contributed by atoms with E-state index in [4.69, 9.17) is 4.74 Å². The van der Waals surface area contributed by atoms with Crippen LogP contribution in [0.25, 0.3) is 0 Å². The van der Waals surface area contributed by atoms with Gasteiger partial charge in [0.25, 0.3) is 0 Å². The van der Waals surface area contributed by atoms with Crippen LogP contribution in [0.3, 0.4) is 0 Å². The van der Waals surface area contributed by atoms with Gasteiger partial charge >= 0.3 is 6.03 Å². The van der Waals surface area contributed by atoms with Crippen LogP contribution in [0.15, 0.2) is 42.5 Å². The molecular formula is C20H23FN4O3. The van der Waals surface area contributed by atoms with Gasteiger partial charge in [-0.2, -0.15) is 0 Å². The van der Waals surface area contributed by atoms with Crippen molar-refractivity contribution in [2.24, 2.45) is 0 Å². The second kappa shape index (κ2) is 9.18. The van der Waals surface area contributed by atoms with Gasteiger partial charge in [-0.25, -0.2) is 9.18 Å². The van der Waals surface area contributed by atoms with Gasteiger partial charge in [0.15, 0.2) is 0 Å². The average molecular weight is 386 g/mol. The highest BCUT2D eigenvalue weighted by atomic mass is 19.1. The van der Waals surface area contributed by atoms with Crippen molar-refractivity contribution < 1.29 is 18.7 Å². The Balaban J connectivity index is 1.52. The van der Waals surface area contributed by atoms with E-state index in [1.807, 2.05) is 24.3 Å². The molecule has 0 unspecified atom stereocenters. The number of anilines is 3. The summed E-state index contributed by atoms with van der Waals surface area (Å²) in [6.07, 6.45) is 0. The fourth-order valence-electron chi connectivity index (χ4n) is 2.89. The molecule has 2 aromatic rings. The Bertz CT molecular complexity index is 836. The van der Waals surface area contributed by atoms with Gasteiger partial charge in [0.1, 0.15) is 5.82 Å². The monoisotopic (exact) mass is 386 g/mol. The Kier molecular flexibility index (Phi) is 6.44. The van der Waals surface area contributed by atoms with Crippen LogP contribution in [0.2, 0.25) is 0 Å². The van der Waals surface area contributed by atoms with Gasteiger partial charge in [-0.05, 0) is 35.9 Å². The topological polar surface area (TPSA) is 82.7 Å². The van der Waals surface area contributed by atoms with Crippen molar-refractivity contribution in [3.05, 3.63) is 53.8 Å². The summed E-state index contributed by atoms with van der Waals surface area (Å²) >= 11 is 0. The third kappa shape index (κ3) is 5.43. The number of carbonyl (C=O) groups is 2. The van der Waals surface area contributed by atoms with Crippen LogP contribution < -0.4 is 20.9 Å². The summed E-state index contributed by atoms with van der Waals surface area (Å²) in [5, 5.41) is 7.76. The standard InChI is InChI=1S/C20H23FN4O3/c1-14(26)23-19-12-16(4-7-18(19)21)24-20(27)22-13-15-2-5-17(6-3-15)25-8-10-28-11-9-25/h2-7,12H,8-11,13H2,1H3,(H,23,26)(H2,22,24,27). The number of hydrogen-bond acceptors (Lipinski definition) is 4. The normalized spacial score (nSPS) is 13.7. The number of morpholine rings is 1. The van der Waals surface area contributed by atoms with Crippen LogP contribution in [-0.2, 0) is 16.1 Å². The fourth-order valence-corrected chi connectivity index (χ4v) is 2.89. The predicted molar refractivity (Wildman–Crippen MR) is 106 cm³/mol. The molecule has 0 radical (unpaired) electrons. The van der Waals surface area contributed by atoms with E-state index in [-0.39, 0.29) is 11.6 Å². The van der Waals surface area contributed by atoms with Gasteiger partial charge in [0, 0.05) is 37.9 Å². The van der Waals surface area contributed by atoms with Crippen molar-refractivity contribution in [1.82, 2.24) is 5.32 Å². The number of ether oxygens (including phenoxy) is 1. The lowest BCUT2D eigenvalue weighted by molar-refractivity contribution is -0.114. The summed E-state index contributed by atoms with van der Waals surface area (Å²) in [6, 6.07) is 11.6. The van der Waals surface area contributed by atoms with E-state index in [2.05, 4.69) is 20.9 Å². The first-order chi connectivity index (χ1) is 13.5. The molecule has 1 fully saturated rings. The molecule has 0 bridgehead atoms. The van der Waals surface area contributed by atoms with Crippen LogP contribution in [0.4, 0.5) is 26.2 Å². The van der Waals surface area contributed by atoms with E-state index in [1.165, 1.54) is 25.1 Å². The molecule has 0 saturated carbocycles. The molecule has 3 rings (SSSR count). The molecule has 7 nitrogen and oxygen atoms in total. The molecule has 0 spiro atoms. The van der Waals surface area contributed by atoms with Crippen LogP contribution >= 0.6 is 0 Å². The number of rotatable bonds is 5. The van der Waals surface area contributed by atoms with Crippen LogP contribution in [0.5, 0.6) is 0 Å². The van der Waals surface area contributed by atoms with Gasteiger partial charge in [-0.1, -0.05) is 12.1 Å². The molecule has 2 aromatic carbocycles. The lowest BCUT2D eigenvalue weighted by atomic mass is 10.2. The highest BCUT2D eigenvalue weighted by Gasteiger charge is 2.11. The van der Waals surface area contributed by atoms with E-state index in [0.29, 0.717) is 12.2 Å². The maximum atomic E-state index is 13.7. The number of hydrogen-bond donors (Lipinski definition) is 3. The van der Waals surface area contributed by atoms with E-state index < -0.39 is 11.8 Å². The number of urea groups is 1. The van der Waals surface area contributed by atoms with Crippen LogP contribution in [0, 0.1) is 5.82 Å². The van der Waals surface area contributed by atoms with Crippen LogP contribution in [0.1, 0.15) is 12.5 Å². The maximum absolute atomic E-state index is 13.7. The number of nitrogens with one attached hydrogen (secondary N) is 3. The molecule has 0 atom stereocenters. The van der Waals surface area contributed by atoms with Gasteiger partial charge in [0.2, 0.25) is 5.91 Å². The first-order valence-electron chi connectivity index (χ1n) is 9.05. The van der Waals surface area contributed by atoms with E-state index in [9.17, 15) is 14.0 Å². The quantitative estimate of drug-likeness (QED) is 0.738. The van der Waals surface area contributed by atoms with Gasteiger partial charge in [-0.3, -0.25) is 4.79 Å². The van der Waals surface area contributed by atoms with Crippen molar-refractivity contribution in [3.63, 3.8) is 0 Å². The average Bonchev–Trinajstić information content (AvgIpc) is 2.70. The number of nitrogens with zero attached hydrogens (tertiary/aromatic N) is 1. The molecule has 1 aliphatic rings. The van der Waals surface area contributed by atoms with Gasteiger partial charge < -0.3 is 25.6 Å². The Morgan fingerprint density at radius 1 is 1.07 bits per heavy atom. The van der Waals surface area contributed by atoms with Crippen molar-refractivity contribution >= 4 is 29.0 Å². The van der Waals surface area contributed by atoms with Gasteiger partial charge in [0.05, 0.1) is 18.9 Å². The summed E-state index contributed by atoms with van der Waals surface area (Å²) in [7, 11) is 0. The third-order valence-electron chi connectivity index (χ3n) is 4.30. The molecule has 0 aromatic heterocycles. The highest BCUT2D eigenvalue weighted by molar-refractivity contribution is 5.92. The maximum Gasteiger partial charge on any atom is 0.319 e. The smallest absolute Gasteiger partial charge is 0.319 e. The number of carbonyl (C=O) groups excluding carboxylic acids is 2. The van der Waals surface area contributed by atoms with E-state index in [1.54, 1.807) is 0 Å². The second-order valence-corrected chi connectivity index (χ2v) is 6.45.